The first kappa shape index (κ1) is 12.1. The average molecular weight is 233 g/mol. The van der Waals surface area contributed by atoms with Crippen molar-refractivity contribution < 1.29 is 23.1 Å². The van der Waals surface area contributed by atoms with Gasteiger partial charge in [-0.25, -0.2) is 4.79 Å². The lowest BCUT2D eigenvalue weighted by Crippen LogP contribution is -2.20. The monoisotopic (exact) mass is 233 g/mol. The number of carbonyl (C=O) groups is 2. The number of aromatic nitrogens is 2. The van der Waals surface area contributed by atoms with E-state index in [1.165, 1.54) is 14.2 Å². The van der Waals surface area contributed by atoms with Gasteiger partial charge < -0.3 is 10.1 Å². The molecule has 0 bridgehead atoms. The standard InChI is InChI=1S/C8H9F2N3O3/c1-13-4(8(15)16-2)3-5(12-13)11-7(14)6(9)10/h3,6H,1-2H3,(H,11,12,14). The third-order valence-corrected chi connectivity index (χ3v) is 1.72. The molecule has 0 atom stereocenters. The minimum absolute atomic E-state index is 0.0482. The van der Waals surface area contributed by atoms with Gasteiger partial charge in [-0.15, -0.1) is 0 Å². The molecule has 0 unspecified atom stereocenters. The zero-order valence-corrected chi connectivity index (χ0v) is 8.53. The highest BCUT2D eigenvalue weighted by Gasteiger charge is 2.19. The number of halogens is 2. The molecule has 1 rings (SSSR count). The fourth-order valence-electron chi connectivity index (χ4n) is 1.00. The van der Waals surface area contributed by atoms with E-state index in [0.717, 1.165) is 10.7 Å². The van der Waals surface area contributed by atoms with Crippen LogP contribution in [0.5, 0.6) is 0 Å². The summed E-state index contributed by atoms with van der Waals surface area (Å²) in [4.78, 5) is 21.8. The van der Waals surface area contributed by atoms with Crippen molar-refractivity contribution in [2.45, 2.75) is 6.43 Å². The number of amides is 1. The quantitative estimate of drug-likeness (QED) is 0.767. The molecule has 0 radical (unpaired) electrons. The molecule has 1 amide bonds. The van der Waals surface area contributed by atoms with Crippen LogP contribution in [-0.2, 0) is 16.6 Å². The van der Waals surface area contributed by atoms with E-state index >= 15 is 0 Å². The Bertz CT molecular complexity index is 417. The van der Waals surface area contributed by atoms with Crippen LogP contribution in [0.4, 0.5) is 14.6 Å². The van der Waals surface area contributed by atoms with Crippen LogP contribution in [0.15, 0.2) is 6.07 Å². The zero-order chi connectivity index (χ0) is 12.3. The van der Waals surface area contributed by atoms with Gasteiger partial charge in [0.1, 0.15) is 5.69 Å². The molecule has 0 spiro atoms. The van der Waals surface area contributed by atoms with E-state index in [9.17, 15) is 18.4 Å². The predicted octanol–water partition coefficient (Wildman–Crippen LogP) is 0.410. The zero-order valence-electron chi connectivity index (χ0n) is 8.53. The number of rotatable bonds is 3. The molecule has 8 heteroatoms. The summed E-state index contributed by atoms with van der Waals surface area (Å²) < 4.78 is 29.4. The first-order chi connectivity index (χ1) is 7.45. The van der Waals surface area contributed by atoms with Crippen LogP contribution in [0.3, 0.4) is 0 Å². The number of esters is 1. The molecule has 1 aromatic heterocycles. The molecule has 0 fully saturated rings. The molecule has 0 aliphatic rings. The Balaban J connectivity index is 2.85. The summed E-state index contributed by atoms with van der Waals surface area (Å²) in [7, 11) is 2.59. The molecule has 1 aromatic rings. The molecule has 0 aliphatic carbocycles. The van der Waals surface area contributed by atoms with Crippen molar-refractivity contribution in [3.63, 3.8) is 0 Å². The summed E-state index contributed by atoms with van der Waals surface area (Å²) in [6, 6.07) is 1.14. The highest BCUT2D eigenvalue weighted by Crippen LogP contribution is 2.10. The molecule has 0 aliphatic heterocycles. The van der Waals surface area contributed by atoms with Crippen LogP contribution in [-0.4, -0.2) is 35.2 Å². The Morgan fingerprint density at radius 1 is 1.56 bits per heavy atom. The third-order valence-electron chi connectivity index (χ3n) is 1.72. The predicted molar refractivity (Wildman–Crippen MR) is 49.2 cm³/mol. The lowest BCUT2D eigenvalue weighted by molar-refractivity contribution is -0.126. The summed E-state index contributed by atoms with van der Waals surface area (Å²) in [5.74, 6) is -2.28. The maximum Gasteiger partial charge on any atom is 0.356 e. The van der Waals surface area contributed by atoms with Gasteiger partial charge in [-0.2, -0.15) is 13.9 Å². The van der Waals surface area contributed by atoms with Crippen molar-refractivity contribution >= 4 is 17.7 Å². The molecule has 1 N–H and O–H groups in total. The van der Waals surface area contributed by atoms with E-state index in [1.54, 1.807) is 0 Å². The number of alkyl halides is 2. The minimum Gasteiger partial charge on any atom is -0.464 e. The van der Waals surface area contributed by atoms with Crippen LogP contribution in [0, 0.1) is 0 Å². The van der Waals surface area contributed by atoms with E-state index in [-0.39, 0.29) is 11.5 Å². The van der Waals surface area contributed by atoms with Gasteiger partial charge in [0.25, 0.3) is 5.91 Å². The molecule has 0 saturated carbocycles. The molecule has 0 aromatic carbocycles. The van der Waals surface area contributed by atoms with Crippen molar-refractivity contribution in [3.8, 4) is 0 Å². The summed E-state index contributed by atoms with van der Waals surface area (Å²) in [5.41, 5.74) is 0.0482. The number of methoxy groups -OCH3 is 1. The molecule has 88 valence electrons. The van der Waals surface area contributed by atoms with Crippen LogP contribution < -0.4 is 5.32 Å². The van der Waals surface area contributed by atoms with Crippen molar-refractivity contribution in [3.05, 3.63) is 11.8 Å². The van der Waals surface area contributed by atoms with Gasteiger partial charge in [-0.1, -0.05) is 0 Å². The molecular weight excluding hydrogens is 224 g/mol. The van der Waals surface area contributed by atoms with E-state index in [0.29, 0.717) is 0 Å². The molecule has 0 saturated heterocycles. The second kappa shape index (κ2) is 4.69. The summed E-state index contributed by atoms with van der Waals surface area (Å²) in [6.07, 6.45) is -3.14. The first-order valence-electron chi connectivity index (χ1n) is 4.17. The van der Waals surface area contributed by atoms with Gasteiger partial charge in [-0.05, 0) is 0 Å². The van der Waals surface area contributed by atoms with Crippen molar-refractivity contribution in [1.82, 2.24) is 9.78 Å². The highest BCUT2D eigenvalue weighted by molar-refractivity contribution is 5.94. The maximum absolute atomic E-state index is 11.9. The highest BCUT2D eigenvalue weighted by atomic mass is 19.3. The SMILES string of the molecule is COC(=O)c1cc(NC(=O)C(F)F)nn1C. The van der Waals surface area contributed by atoms with Gasteiger partial charge in [-0.3, -0.25) is 9.48 Å². The second-order valence-corrected chi connectivity index (χ2v) is 2.82. The van der Waals surface area contributed by atoms with Gasteiger partial charge >= 0.3 is 12.4 Å². The van der Waals surface area contributed by atoms with Gasteiger partial charge in [0, 0.05) is 13.1 Å². The lowest BCUT2D eigenvalue weighted by atomic mass is 10.4. The third kappa shape index (κ3) is 2.53. The smallest absolute Gasteiger partial charge is 0.356 e. The minimum atomic E-state index is -3.14. The van der Waals surface area contributed by atoms with E-state index in [4.69, 9.17) is 0 Å². The van der Waals surface area contributed by atoms with Crippen LogP contribution in [0.25, 0.3) is 0 Å². The van der Waals surface area contributed by atoms with E-state index in [1.807, 2.05) is 5.32 Å². The molecule has 1 heterocycles. The van der Waals surface area contributed by atoms with E-state index in [2.05, 4.69) is 9.84 Å². The fraction of sp³-hybridized carbons (Fsp3) is 0.375. The van der Waals surface area contributed by atoms with Gasteiger partial charge in [0.05, 0.1) is 7.11 Å². The Morgan fingerprint density at radius 2 is 2.19 bits per heavy atom. The number of nitrogens with one attached hydrogen (secondary N) is 1. The van der Waals surface area contributed by atoms with Crippen LogP contribution in [0.1, 0.15) is 10.5 Å². The Labute approximate surface area is 89.2 Å². The number of hydrogen-bond acceptors (Lipinski definition) is 4. The normalized spacial score (nSPS) is 10.3. The molecule has 6 nitrogen and oxygen atoms in total. The fourth-order valence-corrected chi connectivity index (χ4v) is 1.00. The summed E-state index contributed by atoms with van der Waals surface area (Å²) in [5, 5.41) is 5.51. The van der Waals surface area contributed by atoms with Gasteiger partial charge in [0.2, 0.25) is 0 Å². The lowest BCUT2D eigenvalue weighted by Gasteiger charge is -1.98. The van der Waals surface area contributed by atoms with Crippen LogP contribution in [0.2, 0.25) is 0 Å². The van der Waals surface area contributed by atoms with Crippen molar-refractivity contribution in [1.29, 1.82) is 0 Å². The molecular formula is C8H9F2N3O3. The Kier molecular flexibility index (Phi) is 3.54. The second-order valence-electron chi connectivity index (χ2n) is 2.82. The van der Waals surface area contributed by atoms with Crippen molar-refractivity contribution in [2.75, 3.05) is 12.4 Å². The number of nitrogens with zero attached hydrogens (tertiary/aromatic N) is 2. The van der Waals surface area contributed by atoms with Gasteiger partial charge in [0.15, 0.2) is 5.82 Å². The maximum atomic E-state index is 11.9. The number of anilines is 1. The number of hydrogen-bond donors (Lipinski definition) is 1. The van der Waals surface area contributed by atoms with Crippen molar-refractivity contribution in [2.24, 2.45) is 7.05 Å². The largest absolute Gasteiger partial charge is 0.464 e. The molecule has 16 heavy (non-hydrogen) atoms. The first-order valence-corrected chi connectivity index (χ1v) is 4.17. The Morgan fingerprint density at radius 3 is 2.69 bits per heavy atom. The number of carbonyl (C=O) groups excluding carboxylic acids is 2. The number of ether oxygens (including phenoxy) is 1. The topological polar surface area (TPSA) is 73.2 Å². The number of aryl methyl sites for hydroxylation is 1. The van der Waals surface area contributed by atoms with Crippen LogP contribution >= 0.6 is 0 Å². The summed E-state index contributed by atoms with van der Waals surface area (Å²) >= 11 is 0. The Hall–Kier alpha value is -1.99. The summed E-state index contributed by atoms with van der Waals surface area (Å²) in [6.45, 7) is 0. The van der Waals surface area contributed by atoms with E-state index < -0.39 is 18.3 Å². The average Bonchev–Trinajstić information content (AvgIpc) is 2.58.